The highest BCUT2D eigenvalue weighted by Crippen LogP contribution is 2.23. The number of guanidine groups is 1. The highest BCUT2D eigenvalue weighted by molar-refractivity contribution is 5.88. The molecule has 1 saturated carbocycles. The zero-order valence-corrected chi connectivity index (χ0v) is 10.3. The first-order valence-electron chi connectivity index (χ1n) is 5.75. The molecule has 0 spiro atoms. The number of hydrazine groups is 1. The quantitative estimate of drug-likeness (QED) is 0.153. The molecule has 1 unspecified atom stereocenters. The van der Waals surface area contributed by atoms with E-state index in [0.717, 1.165) is 12.8 Å². The Balaban J connectivity index is 2.30. The first-order chi connectivity index (χ1) is 8.17. The third-order valence-corrected chi connectivity index (χ3v) is 2.35. The second-order valence-electron chi connectivity index (χ2n) is 4.00. The van der Waals surface area contributed by atoms with Crippen LogP contribution in [0.25, 0.3) is 0 Å². The molecule has 1 aliphatic rings. The van der Waals surface area contributed by atoms with Crippen LogP contribution in [-0.2, 0) is 9.53 Å². The Morgan fingerprint density at radius 1 is 1.59 bits per heavy atom. The van der Waals surface area contributed by atoms with Crippen LogP contribution in [0.1, 0.15) is 19.8 Å². The lowest BCUT2D eigenvalue weighted by Crippen LogP contribution is -2.51. The summed E-state index contributed by atoms with van der Waals surface area (Å²) >= 11 is 0. The topological polar surface area (TPSA) is 101 Å². The molecule has 1 aliphatic carbocycles. The van der Waals surface area contributed by atoms with Crippen molar-refractivity contribution in [2.75, 3.05) is 20.3 Å². The molecule has 0 saturated heterocycles. The molecule has 0 aromatic rings. The van der Waals surface area contributed by atoms with Crippen molar-refractivity contribution in [3.8, 4) is 0 Å². The number of hydrogen-bond donors (Lipinski definition) is 4. The van der Waals surface area contributed by atoms with Crippen molar-refractivity contribution in [1.29, 1.82) is 0 Å². The molecule has 1 fully saturated rings. The van der Waals surface area contributed by atoms with Gasteiger partial charge in [-0.3, -0.25) is 10.2 Å². The van der Waals surface area contributed by atoms with Crippen LogP contribution in [0.5, 0.6) is 0 Å². The second-order valence-corrected chi connectivity index (χ2v) is 4.00. The van der Waals surface area contributed by atoms with Gasteiger partial charge in [0.1, 0.15) is 6.04 Å². The van der Waals surface area contributed by atoms with Crippen LogP contribution in [0, 0.1) is 0 Å². The van der Waals surface area contributed by atoms with Crippen LogP contribution in [0.15, 0.2) is 4.99 Å². The Labute approximate surface area is 101 Å². The standard InChI is InChI=1S/C10H21N5O2/c1-7(9(16)12-5-6-17-2)13-10(15-11)14-8-3-4-8/h7-8H,3-6,11H2,1-2H3,(H,12,16)(H2,13,14,15). The summed E-state index contributed by atoms with van der Waals surface area (Å²) in [6.45, 7) is 2.74. The Bertz CT molecular complexity index is 278. The van der Waals surface area contributed by atoms with Crippen LogP contribution in [0.4, 0.5) is 0 Å². The highest BCUT2D eigenvalue weighted by Gasteiger charge is 2.22. The van der Waals surface area contributed by atoms with Gasteiger partial charge in [0, 0.05) is 13.7 Å². The molecule has 0 aromatic carbocycles. The molecule has 0 aliphatic heterocycles. The van der Waals surface area contributed by atoms with E-state index in [4.69, 9.17) is 10.6 Å². The third kappa shape index (κ3) is 5.50. The maximum Gasteiger partial charge on any atom is 0.242 e. The van der Waals surface area contributed by atoms with Gasteiger partial charge < -0.3 is 15.4 Å². The third-order valence-electron chi connectivity index (χ3n) is 2.35. The minimum atomic E-state index is -0.389. The van der Waals surface area contributed by atoms with E-state index < -0.39 is 0 Å². The molecule has 0 heterocycles. The number of nitrogens with zero attached hydrogens (tertiary/aromatic N) is 1. The number of methoxy groups -OCH3 is 1. The molecule has 98 valence electrons. The van der Waals surface area contributed by atoms with Crippen LogP contribution >= 0.6 is 0 Å². The number of carbonyl (C=O) groups is 1. The largest absolute Gasteiger partial charge is 0.383 e. The normalized spacial score (nSPS) is 17.5. The first-order valence-corrected chi connectivity index (χ1v) is 5.75. The molecule has 1 atom stereocenters. The molecular formula is C10H21N5O2. The summed E-state index contributed by atoms with van der Waals surface area (Å²) in [6, 6.07) is -0.0438. The van der Waals surface area contributed by atoms with Gasteiger partial charge in [-0.1, -0.05) is 0 Å². The van der Waals surface area contributed by atoms with E-state index in [9.17, 15) is 4.79 Å². The number of rotatable bonds is 6. The van der Waals surface area contributed by atoms with Crippen molar-refractivity contribution in [2.45, 2.75) is 31.8 Å². The van der Waals surface area contributed by atoms with Crippen molar-refractivity contribution in [1.82, 2.24) is 16.1 Å². The molecule has 7 nitrogen and oxygen atoms in total. The van der Waals surface area contributed by atoms with Crippen molar-refractivity contribution in [2.24, 2.45) is 10.8 Å². The number of hydrogen-bond acceptors (Lipinski definition) is 4. The van der Waals surface area contributed by atoms with Crippen molar-refractivity contribution in [3.63, 3.8) is 0 Å². The average Bonchev–Trinajstić information content (AvgIpc) is 3.12. The van der Waals surface area contributed by atoms with E-state index >= 15 is 0 Å². The van der Waals surface area contributed by atoms with Crippen LogP contribution in [-0.4, -0.2) is 44.2 Å². The Kier molecular flexibility index (Phi) is 5.71. The summed E-state index contributed by atoms with van der Waals surface area (Å²) in [5.41, 5.74) is 2.46. The highest BCUT2D eigenvalue weighted by atomic mass is 16.5. The fourth-order valence-electron chi connectivity index (χ4n) is 1.20. The molecule has 0 aromatic heterocycles. The SMILES string of the molecule is COCCNC(=O)C(C)NC(=NC1CC1)NN. The summed E-state index contributed by atoms with van der Waals surface area (Å²) in [7, 11) is 1.59. The Morgan fingerprint density at radius 2 is 2.29 bits per heavy atom. The summed E-state index contributed by atoms with van der Waals surface area (Å²) in [6.07, 6.45) is 2.17. The van der Waals surface area contributed by atoms with E-state index in [-0.39, 0.29) is 11.9 Å². The molecular weight excluding hydrogens is 222 g/mol. The number of carbonyl (C=O) groups excluding carboxylic acids is 1. The Morgan fingerprint density at radius 3 is 2.82 bits per heavy atom. The summed E-state index contributed by atoms with van der Waals surface area (Å²) in [5.74, 6) is 5.67. The number of nitrogens with two attached hydrogens (primary N) is 1. The summed E-state index contributed by atoms with van der Waals surface area (Å²) in [5, 5.41) is 5.66. The molecule has 17 heavy (non-hydrogen) atoms. The first kappa shape index (κ1) is 13.7. The van der Waals surface area contributed by atoms with Crippen LogP contribution in [0.3, 0.4) is 0 Å². The Hall–Kier alpha value is -1.34. The fourth-order valence-corrected chi connectivity index (χ4v) is 1.20. The summed E-state index contributed by atoms with van der Waals surface area (Å²) in [4.78, 5) is 15.9. The van der Waals surface area contributed by atoms with Gasteiger partial charge in [0.25, 0.3) is 0 Å². The van der Waals surface area contributed by atoms with E-state index in [2.05, 4.69) is 21.1 Å². The van der Waals surface area contributed by atoms with E-state index in [1.54, 1.807) is 14.0 Å². The predicted octanol–water partition coefficient (Wildman–Crippen LogP) is -1.29. The number of nitrogens with one attached hydrogen (secondary N) is 3. The fraction of sp³-hybridized carbons (Fsp3) is 0.800. The lowest BCUT2D eigenvalue weighted by molar-refractivity contribution is -0.122. The van der Waals surface area contributed by atoms with Crippen LogP contribution < -0.4 is 21.9 Å². The van der Waals surface area contributed by atoms with E-state index in [1.165, 1.54) is 0 Å². The smallest absolute Gasteiger partial charge is 0.242 e. The van der Waals surface area contributed by atoms with Gasteiger partial charge in [0.15, 0.2) is 0 Å². The maximum atomic E-state index is 11.6. The minimum Gasteiger partial charge on any atom is -0.383 e. The summed E-state index contributed by atoms with van der Waals surface area (Å²) < 4.78 is 4.84. The van der Waals surface area contributed by atoms with Gasteiger partial charge in [0.2, 0.25) is 11.9 Å². The molecule has 1 amide bonds. The monoisotopic (exact) mass is 243 g/mol. The van der Waals surface area contributed by atoms with Gasteiger partial charge in [0.05, 0.1) is 12.6 Å². The molecule has 0 bridgehead atoms. The second kappa shape index (κ2) is 7.08. The molecule has 1 rings (SSSR count). The molecule has 7 heteroatoms. The zero-order chi connectivity index (χ0) is 12.7. The van der Waals surface area contributed by atoms with Crippen LogP contribution in [0.2, 0.25) is 0 Å². The number of aliphatic imine (C=N–C) groups is 1. The average molecular weight is 243 g/mol. The van der Waals surface area contributed by atoms with Gasteiger partial charge >= 0.3 is 0 Å². The lowest BCUT2D eigenvalue weighted by Gasteiger charge is -2.16. The molecule has 5 N–H and O–H groups in total. The number of amides is 1. The van der Waals surface area contributed by atoms with Gasteiger partial charge in [-0.05, 0) is 19.8 Å². The maximum absolute atomic E-state index is 11.6. The predicted molar refractivity (Wildman–Crippen MR) is 65.3 cm³/mol. The van der Waals surface area contributed by atoms with E-state index in [0.29, 0.717) is 25.2 Å². The van der Waals surface area contributed by atoms with Crippen molar-refractivity contribution >= 4 is 11.9 Å². The minimum absolute atomic E-state index is 0.110. The van der Waals surface area contributed by atoms with Gasteiger partial charge in [-0.15, -0.1) is 0 Å². The zero-order valence-electron chi connectivity index (χ0n) is 10.3. The lowest BCUT2D eigenvalue weighted by atomic mass is 10.3. The van der Waals surface area contributed by atoms with E-state index in [1.807, 2.05) is 0 Å². The molecule has 0 radical (unpaired) electrons. The van der Waals surface area contributed by atoms with Gasteiger partial charge in [-0.25, -0.2) is 10.8 Å². The van der Waals surface area contributed by atoms with Crippen molar-refractivity contribution < 1.29 is 9.53 Å². The van der Waals surface area contributed by atoms with Crippen molar-refractivity contribution in [3.05, 3.63) is 0 Å². The van der Waals surface area contributed by atoms with Gasteiger partial charge in [-0.2, -0.15) is 0 Å². The number of ether oxygens (including phenoxy) is 1.